The van der Waals surface area contributed by atoms with Crippen molar-refractivity contribution in [2.45, 2.75) is 29.6 Å². The van der Waals surface area contributed by atoms with Gasteiger partial charge < -0.3 is 5.43 Å². The Labute approximate surface area is 157 Å². The number of halogens is 5. The molecule has 5 nitrogen and oxygen atoms in total. The van der Waals surface area contributed by atoms with E-state index >= 15 is 0 Å². The van der Waals surface area contributed by atoms with Gasteiger partial charge in [-0.05, 0) is 23.8 Å². The zero-order valence-electron chi connectivity index (χ0n) is 14.3. The largest absolute Gasteiger partial charge is 0.459 e. The van der Waals surface area contributed by atoms with Crippen molar-refractivity contribution in [1.29, 1.82) is 0 Å². The van der Waals surface area contributed by atoms with Crippen molar-refractivity contribution in [2.75, 3.05) is 6.26 Å². The molecule has 0 radical (unpaired) electrons. The van der Waals surface area contributed by atoms with Crippen LogP contribution in [0.2, 0.25) is 0 Å². The van der Waals surface area contributed by atoms with E-state index in [0.717, 1.165) is 6.26 Å². The van der Waals surface area contributed by atoms with Gasteiger partial charge in [-0.25, -0.2) is 13.4 Å². The van der Waals surface area contributed by atoms with Crippen LogP contribution < -0.4 is 5.43 Å². The van der Waals surface area contributed by atoms with E-state index in [9.17, 15) is 30.4 Å². The van der Waals surface area contributed by atoms with E-state index in [1.165, 1.54) is 18.2 Å². The van der Waals surface area contributed by atoms with Crippen LogP contribution in [0.1, 0.15) is 18.0 Å². The molecule has 0 aliphatic carbocycles. The van der Waals surface area contributed by atoms with Crippen molar-refractivity contribution < 1.29 is 30.4 Å². The van der Waals surface area contributed by atoms with Gasteiger partial charge in [0.2, 0.25) is 0 Å². The van der Waals surface area contributed by atoms with E-state index in [4.69, 9.17) is 0 Å². The average molecular weight is 419 g/mol. The lowest BCUT2D eigenvalue weighted by Crippen LogP contribution is -2.43. The third-order valence-electron chi connectivity index (χ3n) is 4.16. The van der Waals surface area contributed by atoms with Crippen LogP contribution in [0.25, 0.3) is 11.3 Å². The number of sulfone groups is 1. The molecular formula is C17H14F5N3O2S. The normalized spacial score (nSPS) is 17.9. The third kappa shape index (κ3) is 3.84. The highest BCUT2D eigenvalue weighted by molar-refractivity contribution is 7.90. The lowest BCUT2D eigenvalue weighted by Gasteiger charge is -2.19. The van der Waals surface area contributed by atoms with Crippen molar-refractivity contribution in [1.82, 2.24) is 10.4 Å². The summed E-state index contributed by atoms with van der Waals surface area (Å²) in [6.07, 6.45) is -5.33. The first kappa shape index (κ1) is 20.2. The molecule has 1 N–H and O–H groups in total. The standard InChI is InChI=1S/C17H14F5N3O2S/c1-28(26,27)15-7-3-6-12(23-15)10-4-2-5-11(8-10)13-9-14(25-24-13)16(18,19)17(20,21)22/h2-8,13,24H,9H2,1H3. The summed E-state index contributed by atoms with van der Waals surface area (Å²) < 4.78 is 87.8. The van der Waals surface area contributed by atoms with Crippen molar-refractivity contribution in [2.24, 2.45) is 5.10 Å². The molecule has 28 heavy (non-hydrogen) atoms. The molecule has 1 aromatic carbocycles. The molecule has 1 atom stereocenters. The summed E-state index contributed by atoms with van der Waals surface area (Å²) in [6, 6.07) is 9.81. The van der Waals surface area contributed by atoms with Gasteiger partial charge in [0.15, 0.2) is 14.9 Å². The number of rotatable bonds is 4. The van der Waals surface area contributed by atoms with E-state index in [0.29, 0.717) is 16.8 Å². The molecule has 150 valence electrons. The third-order valence-corrected chi connectivity index (χ3v) is 5.15. The first-order chi connectivity index (χ1) is 12.9. The van der Waals surface area contributed by atoms with Gasteiger partial charge >= 0.3 is 12.1 Å². The number of benzene rings is 1. The molecule has 0 fully saturated rings. The minimum atomic E-state index is -5.72. The van der Waals surface area contributed by atoms with Gasteiger partial charge in [0.1, 0.15) is 5.71 Å². The second kappa shape index (κ2) is 6.80. The Kier molecular flexibility index (Phi) is 4.90. The first-order valence-electron chi connectivity index (χ1n) is 7.94. The molecule has 3 rings (SSSR count). The summed E-state index contributed by atoms with van der Waals surface area (Å²) in [5.41, 5.74) is 2.25. The predicted octanol–water partition coefficient (Wildman–Crippen LogP) is 3.74. The molecule has 0 spiro atoms. The van der Waals surface area contributed by atoms with Gasteiger partial charge in [0, 0.05) is 18.2 Å². The zero-order valence-corrected chi connectivity index (χ0v) is 15.2. The first-order valence-corrected chi connectivity index (χ1v) is 9.83. The number of hydrogen-bond donors (Lipinski definition) is 1. The van der Waals surface area contributed by atoms with Crippen LogP contribution in [0, 0.1) is 0 Å². The topological polar surface area (TPSA) is 71.4 Å². The van der Waals surface area contributed by atoms with Crippen LogP contribution >= 0.6 is 0 Å². The fourth-order valence-corrected chi connectivity index (χ4v) is 3.28. The van der Waals surface area contributed by atoms with Crippen molar-refractivity contribution in [3.05, 3.63) is 48.0 Å². The predicted molar refractivity (Wildman–Crippen MR) is 91.7 cm³/mol. The molecule has 0 amide bonds. The Balaban J connectivity index is 1.86. The maximum Gasteiger partial charge on any atom is 0.459 e. The number of pyridine rings is 1. The lowest BCUT2D eigenvalue weighted by molar-refractivity contribution is -0.249. The van der Waals surface area contributed by atoms with Crippen LogP contribution in [0.15, 0.2) is 52.6 Å². The minimum Gasteiger partial charge on any atom is -0.302 e. The molecule has 1 aliphatic heterocycles. The van der Waals surface area contributed by atoms with Gasteiger partial charge in [-0.3, -0.25) is 0 Å². The molecule has 0 bridgehead atoms. The average Bonchev–Trinajstić information content (AvgIpc) is 3.11. The maximum absolute atomic E-state index is 13.5. The highest BCUT2D eigenvalue weighted by Gasteiger charge is 2.62. The smallest absolute Gasteiger partial charge is 0.302 e. The maximum atomic E-state index is 13.5. The number of nitrogens with one attached hydrogen (secondary N) is 1. The van der Waals surface area contributed by atoms with E-state index < -0.39 is 40.1 Å². The van der Waals surface area contributed by atoms with E-state index in [1.54, 1.807) is 24.3 Å². The van der Waals surface area contributed by atoms with Gasteiger partial charge in [-0.2, -0.15) is 27.1 Å². The van der Waals surface area contributed by atoms with Crippen molar-refractivity contribution in [3.63, 3.8) is 0 Å². The Morgan fingerprint density at radius 2 is 1.75 bits per heavy atom. The molecule has 1 aliphatic rings. The van der Waals surface area contributed by atoms with Crippen LogP contribution in [-0.4, -0.2) is 37.5 Å². The van der Waals surface area contributed by atoms with E-state index in [1.807, 2.05) is 0 Å². The summed E-state index contributed by atoms with van der Waals surface area (Å²) in [7, 11) is -3.53. The van der Waals surface area contributed by atoms with Gasteiger partial charge in [0.25, 0.3) is 0 Å². The summed E-state index contributed by atoms with van der Waals surface area (Å²) in [5, 5.41) is 3.05. The second-order valence-electron chi connectivity index (χ2n) is 6.28. The SMILES string of the molecule is CS(=O)(=O)c1cccc(-c2cccc(C3CC(C(F)(F)C(F)(F)F)=NN3)c2)n1. The van der Waals surface area contributed by atoms with Gasteiger partial charge in [-0.15, -0.1) is 0 Å². The minimum absolute atomic E-state index is 0.134. The molecule has 2 heterocycles. The number of nitrogens with zero attached hydrogens (tertiary/aromatic N) is 2. The van der Waals surface area contributed by atoms with Crippen molar-refractivity contribution >= 4 is 15.5 Å². The van der Waals surface area contributed by atoms with Crippen LogP contribution in [0.5, 0.6) is 0 Å². The lowest BCUT2D eigenvalue weighted by atomic mass is 9.97. The van der Waals surface area contributed by atoms with Gasteiger partial charge in [0.05, 0.1) is 11.7 Å². The van der Waals surface area contributed by atoms with Crippen LogP contribution in [0.4, 0.5) is 22.0 Å². The van der Waals surface area contributed by atoms with Gasteiger partial charge in [-0.1, -0.05) is 24.3 Å². The monoisotopic (exact) mass is 419 g/mol. The molecular weight excluding hydrogens is 405 g/mol. The fourth-order valence-electron chi connectivity index (χ4n) is 2.69. The van der Waals surface area contributed by atoms with E-state index in [-0.39, 0.29) is 5.03 Å². The quantitative estimate of drug-likeness (QED) is 0.767. The molecule has 0 saturated carbocycles. The van der Waals surface area contributed by atoms with Crippen molar-refractivity contribution in [3.8, 4) is 11.3 Å². The number of hydrazone groups is 1. The Morgan fingerprint density at radius 1 is 1.07 bits per heavy atom. The summed E-state index contributed by atoms with van der Waals surface area (Å²) >= 11 is 0. The zero-order chi connectivity index (χ0) is 20.7. The summed E-state index contributed by atoms with van der Waals surface area (Å²) in [6.45, 7) is 0. The Bertz CT molecular complexity index is 1040. The fraction of sp³-hybridized carbons (Fsp3) is 0.294. The molecule has 1 unspecified atom stereocenters. The number of hydrogen-bond acceptors (Lipinski definition) is 5. The molecule has 1 aromatic heterocycles. The number of alkyl halides is 5. The Morgan fingerprint density at radius 3 is 2.39 bits per heavy atom. The molecule has 0 saturated heterocycles. The summed E-state index contributed by atoms with van der Waals surface area (Å²) in [4.78, 5) is 4.06. The summed E-state index contributed by atoms with van der Waals surface area (Å²) in [5.74, 6) is -5.02. The van der Waals surface area contributed by atoms with Crippen LogP contribution in [-0.2, 0) is 9.84 Å². The van der Waals surface area contributed by atoms with Crippen LogP contribution in [0.3, 0.4) is 0 Å². The Hall–Kier alpha value is -2.56. The highest BCUT2D eigenvalue weighted by atomic mass is 32.2. The number of aromatic nitrogens is 1. The second-order valence-corrected chi connectivity index (χ2v) is 8.24. The van der Waals surface area contributed by atoms with E-state index in [2.05, 4.69) is 15.5 Å². The molecule has 2 aromatic rings. The highest BCUT2D eigenvalue weighted by Crippen LogP contribution is 2.40. The molecule has 11 heteroatoms.